The van der Waals surface area contributed by atoms with E-state index in [2.05, 4.69) is 13.8 Å². The molecule has 48 valence electrons. The minimum atomic E-state index is 0. The summed E-state index contributed by atoms with van der Waals surface area (Å²) in [6.07, 6.45) is 3.65. The van der Waals surface area contributed by atoms with Crippen LogP contribution in [0.3, 0.4) is 0 Å². The van der Waals surface area contributed by atoms with Crippen LogP contribution >= 0.6 is 0 Å². The summed E-state index contributed by atoms with van der Waals surface area (Å²) >= 11 is 0. The van der Waals surface area contributed by atoms with Crippen LogP contribution in [-0.2, 0) is 16.5 Å². The van der Waals surface area contributed by atoms with Crippen molar-refractivity contribution < 1.29 is 28.9 Å². The molecule has 0 nitrogen and oxygen atoms in total. The minimum Gasteiger partial charge on any atom is -1.00 e. The summed E-state index contributed by atoms with van der Waals surface area (Å²) in [6, 6.07) is 0. The van der Waals surface area contributed by atoms with Crippen molar-refractivity contribution >= 4 is 0 Å². The van der Waals surface area contributed by atoms with Crippen molar-refractivity contribution in [2.24, 2.45) is 0 Å². The van der Waals surface area contributed by atoms with Crippen LogP contribution in [0.15, 0.2) is 0 Å². The SMILES string of the molecule is [CH2-]CCCC.[Cl-].[Ni+2]. The molecule has 0 fully saturated rings. The molecule has 0 aromatic carbocycles. The fourth-order valence-electron chi connectivity index (χ4n) is 0.250. The molecule has 0 aromatic rings. The van der Waals surface area contributed by atoms with Gasteiger partial charge in [0.15, 0.2) is 0 Å². The second kappa shape index (κ2) is 15.9. The molecule has 0 radical (unpaired) electrons. The second-order valence-electron chi connectivity index (χ2n) is 1.21. The van der Waals surface area contributed by atoms with Gasteiger partial charge in [-0.3, -0.25) is 0 Å². The molecule has 0 N–H and O–H groups in total. The van der Waals surface area contributed by atoms with Crippen molar-refractivity contribution in [3.8, 4) is 0 Å². The largest absolute Gasteiger partial charge is 2.00 e. The Bertz CT molecular complexity index is 15.6. The van der Waals surface area contributed by atoms with Gasteiger partial charge >= 0.3 is 16.5 Å². The third kappa shape index (κ3) is 20.0. The number of rotatable bonds is 2. The summed E-state index contributed by atoms with van der Waals surface area (Å²) in [5.74, 6) is 0. The van der Waals surface area contributed by atoms with Gasteiger partial charge in [0, 0.05) is 0 Å². The average molecular weight is 165 g/mol. The number of hydrogen-bond acceptors (Lipinski definition) is 0. The van der Waals surface area contributed by atoms with Crippen molar-refractivity contribution in [3.63, 3.8) is 0 Å². The standard InChI is InChI=1S/C5H11.ClH.Ni/c1-3-5-4-2;;/h1,3-5H2,2H3;1H;/q-1;;+2/p-1. The molecule has 0 aliphatic carbocycles. The summed E-state index contributed by atoms with van der Waals surface area (Å²) < 4.78 is 0. The van der Waals surface area contributed by atoms with Crippen molar-refractivity contribution in [1.82, 2.24) is 0 Å². The van der Waals surface area contributed by atoms with E-state index in [1.54, 1.807) is 0 Å². The van der Waals surface area contributed by atoms with E-state index in [1.807, 2.05) is 0 Å². The van der Waals surface area contributed by atoms with Crippen molar-refractivity contribution in [3.05, 3.63) is 6.92 Å². The maximum atomic E-state index is 3.68. The molecule has 2 heteroatoms. The van der Waals surface area contributed by atoms with Crippen LogP contribution in [0.1, 0.15) is 26.2 Å². The Hall–Kier alpha value is 0.784. The first-order valence-electron chi connectivity index (χ1n) is 2.21. The molecular weight excluding hydrogens is 154 g/mol. The Morgan fingerprint density at radius 3 is 1.86 bits per heavy atom. The second-order valence-corrected chi connectivity index (χ2v) is 1.21. The fourth-order valence-corrected chi connectivity index (χ4v) is 0.250. The van der Waals surface area contributed by atoms with Crippen molar-refractivity contribution in [2.75, 3.05) is 0 Å². The smallest absolute Gasteiger partial charge is 1.00 e. The first kappa shape index (κ1) is 15.7. The van der Waals surface area contributed by atoms with Crippen LogP contribution in [-0.4, -0.2) is 0 Å². The summed E-state index contributed by atoms with van der Waals surface area (Å²) in [7, 11) is 0. The van der Waals surface area contributed by atoms with E-state index in [0.29, 0.717) is 0 Å². The van der Waals surface area contributed by atoms with Gasteiger partial charge in [-0.2, -0.15) is 6.42 Å². The van der Waals surface area contributed by atoms with E-state index < -0.39 is 0 Å². The van der Waals surface area contributed by atoms with E-state index in [-0.39, 0.29) is 28.9 Å². The third-order valence-corrected chi connectivity index (χ3v) is 0.604. The summed E-state index contributed by atoms with van der Waals surface area (Å²) in [5.41, 5.74) is 0. The van der Waals surface area contributed by atoms with Crippen LogP contribution in [0.4, 0.5) is 0 Å². The Morgan fingerprint density at radius 1 is 1.43 bits per heavy atom. The van der Waals surface area contributed by atoms with Gasteiger partial charge in [0.2, 0.25) is 0 Å². The zero-order valence-corrected chi connectivity index (χ0v) is 6.27. The molecule has 0 aliphatic rings. The predicted octanol–water partition coefficient (Wildman–Crippen LogP) is -0.988. The number of unbranched alkanes of at least 4 members (excludes halogenated alkanes) is 2. The molecule has 0 heterocycles. The van der Waals surface area contributed by atoms with E-state index in [0.717, 1.165) is 6.42 Å². The van der Waals surface area contributed by atoms with E-state index in [4.69, 9.17) is 0 Å². The molecule has 0 unspecified atom stereocenters. The molecule has 0 aliphatic heterocycles. The minimum absolute atomic E-state index is 0. The van der Waals surface area contributed by atoms with Gasteiger partial charge in [-0.1, -0.05) is 19.8 Å². The molecule has 0 spiro atoms. The molecule has 0 aromatic heterocycles. The predicted molar refractivity (Wildman–Crippen MR) is 24.9 cm³/mol. The Kier molecular flexibility index (Phi) is 35.4. The van der Waals surface area contributed by atoms with Crippen LogP contribution in [0, 0.1) is 6.92 Å². The van der Waals surface area contributed by atoms with Crippen molar-refractivity contribution in [1.29, 1.82) is 0 Å². The monoisotopic (exact) mass is 164 g/mol. The van der Waals surface area contributed by atoms with E-state index in [1.165, 1.54) is 12.8 Å². The van der Waals surface area contributed by atoms with Gasteiger partial charge in [0.05, 0.1) is 0 Å². The van der Waals surface area contributed by atoms with Crippen molar-refractivity contribution in [2.45, 2.75) is 26.2 Å². The molecule has 0 amide bonds. The normalized spacial score (nSPS) is 6.00. The van der Waals surface area contributed by atoms with Gasteiger partial charge in [-0.25, -0.2) is 0 Å². The van der Waals surface area contributed by atoms with E-state index >= 15 is 0 Å². The van der Waals surface area contributed by atoms with E-state index in [9.17, 15) is 0 Å². The Balaban J connectivity index is -0.0000000800. The summed E-state index contributed by atoms with van der Waals surface area (Å²) in [5, 5.41) is 0. The van der Waals surface area contributed by atoms with Gasteiger partial charge in [-0.15, -0.1) is 0 Å². The summed E-state index contributed by atoms with van der Waals surface area (Å²) in [6.45, 7) is 5.85. The van der Waals surface area contributed by atoms with Gasteiger partial charge in [0.1, 0.15) is 0 Å². The first-order valence-corrected chi connectivity index (χ1v) is 2.21. The molecule has 0 bridgehead atoms. The number of hydrogen-bond donors (Lipinski definition) is 0. The average Bonchev–Trinajstić information content (AvgIpc) is 1.41. The maximum absolute atomic E-state index is 3.68. The fraction of sp³-hybridized carbons (Fsp3) is 0.800. The van der Waals surface area contributed by atoms with Gasteiger partial charge < -0.3 is 19.3 Å². The summed E-state index contributed by atoms with van der Waals surface area (Å²) in [4.78, 5) is 0. The Labute approximate surface area is 62.4 Å². The van der Waals surface area contributed by atoms with Crippen LogP contribution in [0.2, 0.25) is 0 Å². The maximum Gasteiger partial charge on any atom is 2.00 e. The van der Waals surface area contributed by atoms with Crippen LogP contribution in [0.25, 0.3) is 0 Å². The third-order valence-electron chi connectivity index (χ3n) is 0.604. The van der Waals surface area contributed by atoms with Crippen LogP contribution < -0.4 is 12.4 Å². The molecule has 0 atom stereocenters. The van der Waals surface area contributed by atoms with Gasteiger partial charge in [0.25, 0.3) is 0 Å². The molecule has 0 saturated carbocycles. The molecule has 7 heavy (non-hydrogen) atoms. The zero-order valence-electron chi connectivity index (χ0n) is 4.52. The molecule has 0 saturated heterocycles. The quantitative estimate of drug-likeness (QED) is 0.364. The number of halogens is 1. The molecule has 0 rings (SSSR count). The first-order chi connectivity index (χ1) is 2.41. The van der Waals surface area contributed by atoms with Gasteiger partial charge in [-0.05, 0) is 0 Å². The Morgan fingerprint density at radius 2 is 1.86 bits per heavy atom. The zero-order chi connectivity index (χ0) is 4.12. The molecular formula is C5H11ClNi. The van der Waals surface area contributed by atoms with Crippen LogP contribution in [0.5, 0.6) is 0 Å². The topological polar surface area (TPSA) is 0 Å².